The number of hydrogen-bond donors (Lipinski definition) is 1. The van der Waals surface area contributed by atoms with Gasteiger partial charge >= 0.3 is 0 Å². The molecule has 2 N–H and O–H groups in total. The quantitative estimate of drug-likeness (QED) is 0.836. The van der Waals surface area contributed by atoms with E-state index in [2.05, 4.69) is 0 Å². The molecule has 0 saturated heterocycles. The van der Waals surface area contributed by atoms with E-state index in [0.717, 1.165) is 5.56 Å². The fourth-order valence-corrected chi connectivity index (χ4v) is 1.61. The Labute approximate surface area is 88.8 Å². The summed E-state index contributed by atoms with van der Waals surface area (Å²) in [5.74, 6) is 0.639. The first-order chi connectivity index (χ1) is 6.74. The third-order valence-electron chi connectivity index (χ3n) is 2.06. The molecule has 78 valence electrons. The van der Waals surface area contributed by atoms with E-state index in [-0.39, 0.29) is 6.10 Å². The van der Waals surface area contributed by atoms with Crippen LogP contribution in [0.15, 0.2) is 18.2 Å². The Balaban J connectivity index is 3.07. The van der Waals surface area contributed by atoms with Crippen molar-refractivity contribution in [3.8, 4) is 5.75 Å². The Bertz CT molecular complexity index is 300. The van der Waals surface area contributed by atoms with E-state index < -0.39 is 0 Å². The zero-order valence-corrected chi connectivity index (χ0v) is 9.04. The van der Waals surface area contributed by atoms with Crippen molar-refractivity contribution in [2.45, 2.75) is 6.10 Å². The number of nitrogens with two attached hydrogens (primary N) is 1. The van der Waals surface area contributed by atoms with Crippen molar-refractivity contribution < 1.29 is 9.47 Å². The fraction of sp³-hybridized carbons (Fsp3) is 0.400. The van der Waals surface area contributed by atoms with Gasteiger partial charge in [0.2, 0.25) is 0 Å². The van der Waals surface area contributed by atoms with E-state index in [1.807, 2.05) is 12.1 Å². The van der Waals surface area contributed by atoms with Gasteiger partial charge in [0.1, 0.15) is 5.75 Å². The third-order valence-corrected chi connectivity index (χ3v) is 2.46. The van der Waals surface area contributed by atoms with Crippen molar-refractivity contribution in [2.24, 2.45) is 5.73 Å². The smallest absolute Gasteiger partial charge is 0.137 e. The Morgan fingerprint density at radius 1 is 1.43 bits per heavy atom. The number of benzene rings is 1. The monoisotopic (exact) mass is 215 g/mol. The highest BCUT2D eigenvalue weighted by Crippen LogP contribution is 2.32. The van der Waals surface area contributed by atoms with Crippen molar-refractivity contribution in [1.82, 2.24) is 0 Å². The first kappa shape index (κ1) is 11.3. The summed E-state index contributed by atoms with van der Waals surface area (Å²) in [6, 6.07) is 5.54. The van der Waals surface area contributed by atoms with E-state index in [4.69, 9.17) is 26.8 Å². The normalized spacial score (nSPS) is 12.6. The first-order valence-corrected chi connectivity index (χ1v) is 4.67. The van der Waals surface area contributed by atoms with Crippen molar-refractivity contribution in [3.63, 3.8) is 0 Å². The lowest BCUT2D eigenvalue weighted by molar-refractivity contribution is 0.110. The van der Waals surface area contributed by atoms with Crippen molar-refractivity contribution in [3.05, 3.63) is 28.8 Å². The lowest BCUT2D eigenvalue weighted by atomic mass is 10.1. The lowest BCUT2D eigenvalue weighted by Crippen LogP contribution is -2.14. The standard InChI is InChI=1S/C10H14ClNO2/c1-13-8-5-3-4-7(10(8)11)9(6-12)14-2/h3-5,9H,6,12H2,1-2H3. The average Bonchev–Trinajstić information content (AvgIpc) is 2.22. The van der Waals surface area contributed by atoms with Gasteiger partial charge in [0.05, 0.1) is 18.2 Å². The average molecular weight is 216 g/mol. The minimum absolute atomic E-state index is 0.183. The van der Waals surface area contributed by atoms with Crippen LogP contribution in [0.5, 0.6) is 5.75 Å². The highest BCUT2D eigenvalue weighted by molar-refractivity contribution is 6.32. The van der Waals surface area contributed by atoms with Crippen LogP contribution >= 0.6 is 11.6 Å². The highest BCUT2D eigenvalue weighted by atomic mass is 35.5. The van der Waals surface area contributed by atoms with Crippen LogP contribution in [-0.4, -0.2) is 20.8 Å². The third kappa shape index (κ3) is 2.18. The molecule has 0 amide bonds. The number of ether oxygens (including phenoxy) is 2. The Morgan fingerprint density at radius 3 is 2.64 bits per heavy atom. The molecule has 4 heteroatoms. The second kappa shape index (κ2) is 5.20. The minimum Gasteiger partial charge on any atom is -0.495 e. The molecule has 1 atom stereocenters. The van der Waals surface area contributed by atoms with Crippen LogP contribution in [0.1, 0.15) is 11.7 Å². The van der Waals surface area contributed by atoms with Gasteiger partial charge in [0, 0.05) is 19.2 Å². The molecule has 0 aliphatic rings. The molecular weight excluding hydrogens is 202 g/mol. The number of rotatable bonds is 4. The SMILES string of the molecule is COc1cccc(C(CN)OC)c1Cl. The van der Waals surface area contributed by atoms with Crippen molar-refractivity contribution >= 4 is 11.6 Å². The molecule has 0 fully saturated rings. The maximum absolute atomic E-state index is 6.10. The molecule has 0 aromatic heterocycles. The van der Waals surface area contributed by atoms with E-state index in [1.165, 1.54) is 0 Å². The summed E-state index contributed by atoms with van der Waals surface area (Å²) in [6.45, 7) is 0.392. The Kier molecular flexibility index (Phi) is 4.20. The van der Waals surface area contributed by atoms with Gasteiger partial charge < -0.3 is 15.2 Å². The lowest BCUT2D eigenvalue weighted by Gasteiger charge is -2.16. The summed E-state index contributed by atoms with van der Waals surface area (Å²) >= 11 is 6.10. The van der Waals surface area contributed by atoms with Gasteiger partial charge in [-0.2, -0.15) is 0 Å². The van der Waals surface area contributed by atoms with Crippen LogP contribution in [0, 0.1) is 0 Å². The fourth-order valence-electron chi connectivity index (χ4n) is 1.28. The van der Waals surface area contributed by atoms with E-state index in [0.29, 0.717) is 17.3 Å². The minimum atomic E-state index is -0.183. The van der Waals surface area contributed by atoms with Gasteiger partial charge in [-0.15, -0.1) is 0 Å². The van der Waals surface area contributed by atoms with E-state index in [9.17, 15) is 0 Å². The van der Waals surface area contributed by atoms with Crippen LogP contribution in [0.25, 0.3) is 0 Å². The molecule has 14 heavy (non-hydrogen) atoms. The topological polar surface area (TPSA) is 44.5 Å². The molecule has 1 unspecified atom stereocenters. The number of hydrogen-bond acceptors (Lipinski definition) is 3. The molecule has 0 radical (unpaired) electrons. The number of halogens is 1. The molecule has 0 spiro atoms. The Hall–Kier alpha value is -0.770. The summed E-state index contributed by atoms with van der Waals surface area (Å²) in [5.41, 5.74) is 6.41. The first-order valence-electron chi connectivity index (χ1n) is 4.29. The number of methoxy groups -OCH3 is 2. The largest absolute Gasteiger partial charge is 0.495 e. The molecule has 0 heterocycles. The zero-order chi connectivity index (χ0) is 10.6. The Morgan fingerprint density at radius 2 is 2.14 bits per heavy atom. The highest BCUT2D eigenvalue weighted by Gasteiger charge is 2.14. The summed E-state index contributed by atoms with van der Waals surface area (Å²) in [7, 11) is 3.18. The van der Waals surface area contributed by atoms with E-state index in [1.54, 1.807) is 20.3 Å². The van der Waals surface area contributed by atoms with Crippen LogP contribution in [0.2, 0.25) is 5.02 Å². The van der Waals surface area contributed by atoms with Gasteiger partial charge in [-0.1, -0.05) is 23.7 Å². The summed E-state index contributed by atoms with van der Waals surface area (Å²) in [6.07, 6.45) is -0.183. The van der Waals surface area contributed by atoms with Crippen LogP contribution in [0.4, 0.5) is 0 Å². The molecule has 0 aliphatic carbocycles. The maximum atomic E-state index is 6.10. The molecule has 0 aliphatic heterocycles. The van der Waals surface area contributed by atoms with Gasteiger partial charge in [0.25, 0.3) is 0 Å². The maximum Gasteiger partial charge on any atom is 0.137 e. The molecule has 0 saturated carbocycles. The molecule has 1 aromatic rings. The van der Waals surface area contributed by atoms with Gasteiger partial charge in [-0.25, -0.2) is 0 Å². The zero-order valence-electron chi connectivity index (χ0n) is 8.29. The predicted molar refractivity (Wildman–Crippen MR) is 56.8 cm³/mol. The molecule has 1 rings (SSSR count). The molecule has 0 bridgehead atoms. The van der Waals surface area contributed by atoms with Gasteiger partial charge in [0.15, 0.2) is 0 Å². The molecular formula is C10H14ClNO2. The summed E-state index contributed by atoms with van der Waals surface area (Å²) < 4.78 is 10.3. The van der Waals surface area contributed by atoms with Gasteiger partial charge in [-0.3, -0.25) is 0 Å². The second-order valence-electron chi connectivity index (χ2n) is 2.82. The summed E-state index contributed by atoms with van der Waals surface area (Å²) in [4.78, 5) is 0. The molecule has 1 aromatic carbocycles. The van der Waals surface area contributed by atoms with Crippen molar-refractivity contribution in [1.29, 1.82) is 0 Å². The second-order valence-corrected chi connectivity index (χ2v) is 3.20. The van der Waals surface area contributed by atoms with Crippen LogP contribution < -0.4 is 10.5 Å². The van der Waals surface area contributed by atoms with Crippen molar-refractivity contribution in [2.75, 3.05) is 20.8 Å². The molecule has 3 nitrogen and oxygen atoms in total. The van der Waals surface area contributed by atoms with E-state index >= 15 is 0 Å². The van der Waals surface area contributed by atoms with Crippen LogP contribution in [0.3, 0.4) is 0 Å². The van der Waals surface area contributed by atoms with Crippen LogP contribution in [-0.2, 0) is 4.74 Å². The predicted octanol–water partition coefficient (Wildman–Crippen LogP) is 1.99. The van der Waals surface area contributed by atoms with Gasteiger partial charge in [-0.05, 0) is 6.07 Å². The summed E-state index contributed by atoms with van der Waals surface area (Å²) in [5, 5.41) is 0.562.